The van der Waals surface area contributed by atoms with Crippen LogP contribution >= 0.6 is 0 Å². The van der Waals surface area contributed by atoms with Crippen LogP contribution in [0.2, 0.25) is 0 Å². The minimum absolute atomic E-state index is 0.0352. The fourth-order valence-corrected chi connectivity index (χ4v) is 15.5. The van der Waals surface area contributed by atoms with Gasteiger partial charge in [-0.2, -0.15) is 0 Å². The lowest BCUT2D eigenvalue weighted by Crippen LogP contribution is -2.61. The first-order valence-electron chi connectivity index (χ1n) is 29.8. The van der Waals surface area contributed by atoms with Crippen molar-refractivity contribution >= 4 is 77.5 Å². The topological polar surface area (TPSA) is 9.86 Å². The van der Waals surface area contributed by atoms with Gasteiger partial charge in [0.05, 0.1) is 22.1 Å². The molecule has 15 rings (SSSR count). The molecule has 1 spiro atoms. The van der Waals surface area contributed by atoms with Crippen molar-refractivity contribution in [3.05, 3.63) is 195 Å². The summed E-state index contributed by atoms with van der Waals surface area (Å²) in [6.45, 7) is 43.3. The molecule has 3 aliphatic heterocycles. The predicted molar refractivity (Wildman–Crippen MR) is 346 cm³/mol. The van der Waals surface area contributed by atoms with Crippen molar-refractivity contribution in [2.24, 2.45) is 0 Å². The number of fused-ring (bicyclic) bond motifs is 15. The molecule has 0 unspecified atom stereocenters. The van der Waals surface area contributed by atoms with Crippen LogP contribution in [0.15, 0.2) is 140 Å². The molecule has 80 heavy (non-hydrogen) atoms. The Bertz CT molecular complexity index is 4580. The van der Waals surface area contributed by atoms with Crippen molar-refractivity contribution in [2.75, 3.05) is 0 Å². The molecule has 398 valence electrons. The van der Waals surface area contributed by atoms with Gasteiger partial charge >= 0.3 is 0 Å². The average molecular weight is 1040 g/mol. The van der Waals surface area contributed by atoms with Crippen molar-refractivity contribution < 1.29 is 0 Å². The first kappa shape index (κ1) is 49.9. The van der Waals surface area contributed by atoms with Crippen LogP contribution in [0, 0.1) is 0 Å². The van der Waals surface area contributed by atoms with Gasteiger partial charge in [0.1, 0.15) is 0 Å². The van der Waals surface area contributed by atoms with Crippen LogP contribution in [0.25, 0.3) is 88.0 Å². The highest BCUT2D eigenvalue weighted by Gasteiger charge is 2.55. The van der Waals surface area contributed by atoms with E-state index in [-0.39, 0.29) is 39.2 Å². The van der Waals surface area contributed by atoms with E-state index in [4.69, 9.17) is 0 Å². The average Bonchev–Trinajstić information content (AvgIpc) is 2.41. The summed E-state index contributed by atoms with van der Waals surface area (Å²) in [6.07, 6.45) is 0. The second-order valence-electron chi connectivity index (χ2n) is 31.0. The standard InChI is InChI=1S/C77H77BN2/c1-71(2,3)43-29-27-42-28-31-58(76(16,17)18)64(50(42)33-43)55-41-60-70-65-69(55)79-63-32-30-44(72(4,5)6)34-51(63)52-36-46(74(10,11)12)39-61(67(52)79)78(65)62-40-47(75(13,14)15)37-54-53-35-45(73(7,8)9)38-59(66(53)80(70)68(54)62)77(60)56-25-21-19-23-48(56)49-24-20-22-26-57(49)77/h19-41H,1-18H3. The van der Waals surface area contributed by atoms with Gasteiger partial charge in [-0.05, 0) is 174 Å². The lowest BCUT2D eigenvalue weighted by atomic mass is 9.33. The van der Waals surface area contributed by atoms with Crippen LogP contribution < -0.4 is 16.4 Å². The van der Waals surface area contributed by atoms with Crippen molar-refractivity contribution in [3.63, 3.8) is 0 Å². The van der Waals surface area contributed by atoms with Crippen molar-refractivity contribution in [1.29, 1.82) is 0 Å². The predicted octanol–water partition coefficient (Wildman–Crippen LogP) is 18.3. The second-order valence-corrected chi connectivity index (χ2v) is 31.0. The van der Waals surface area contributed by atoms with Gasteiger partial charge in [0.25, 0.3) is 6.71 Å². The molecule has 0 saturated carbocycles. The summed E-state index contributed by atoms with van der Waals surface area (Å²) in [5, 5.41) is 8.03. The molecule has 0 radical (unpaired) electrons. The van der Waals surface area contributed by atoms with Crippen LogP contribution in [-0.2, 0) is 37.9 Å². The number of nitrogens with zero attached hydrogens (tertiary/aromatic N) is 2. The zero-order valence-corrected chi connectivity index (χ0v) is 50.8. The Morgan fingerprint density at radius 2 is 0.800 bits per heavy atom. The highest BCUT2D eigenvalue weighted by Crippen LogP contribution is 2.63. The number of aromatic nitrogens is 2. The van der Waals surface area contributed by atoms with Gasteiger partial charge in [0.15, 0.2) is 0 Å². The van der Waals surface area contributed by atoms with E-state index in [1.807, 2.05) is 0 Å². The smallest absolute Gasteiger partial charge is 0.252 e. The highest BCUT2D eigenvalue weighted by atomic mass is 15.1. The van der Waals surface area contributed by atoms with E-state index in [2.05, 4.69) is 273 Å². The van der Waals surface area contributed by atoms with Crippen molar-refractivity contribution in [1.82, 2.24) is 9.13 Å². The first-order valence-corrected chi connectivity index (χ1v) is 29.8. The van der Waals surface area contributed by atoms with E-state index in [0.717, 1.165) is 0 Å². The van der Waals surface area contributed by atoms with Gasteiger partial charge in [-0.1, -0.05) is 222 Å². The Labute approximate surface area is 475 Å². The highest BCUT2D eigenvalue weighted by molar-refractivity contribution is 7.00. The molecule has 2 aromatic heterocycles. The van der Waals surface area contributed by atoms with Crippen LogP contribution in [-0.4, -0.2) is 15.8 Å². The minimum atomic E-state index is -0.655. The molecular weight excluding hydrogens is 964 g/mol. The quantitative estimate of drug-likeness (QED) is 0.145. The molecule has 3 heteroatoms. The summed E-state index contributed by atoms with van der Waals surface area (Å²) in [6, 6.07) is 57.3. The molecule has 0 fully saturated rings. The molecule has 0 atom stereocenters. The third kappa shape index (κ3) is 6.33. The molecule has 1 aliphatic carbocycles. The van der Waals surface area contributed by atoms with Gasteiger partial charge < -0.3 is 9.13 Å². The fraction of sp³-hybridized carbons (Fsp3) is 0.325. The van der Waals surface area contributed by atoms with E-state index in [1.165, 1.54) is 160 Å². The van der Waals surface area contributed by atoms with Gasteiger partial charge in [-0.25, -0.2) is 0 Å². The molecular formula is C77H77BN2. The van der Waals surface area contributed by atoms with E-state index >= 15 is 0 Å². The maximum absolute atomic E-state index is 2.84. The molecule has 11 aromatic rings. The molecule has 0 amide bonds. The summed E-state index contributed by atoms with van der Waals surface area (Å²) in [5.74, 6) is 0. The third-order valence-electron chi connectivity index (χ3n) is 19.7. The number of hydrogen-bond acceptors (Lipinski definition) is 0. The zero-order valence-electron chi connectivity index (χ0n) is 50.8. The molecule has 4 aliphatic rings. The van der Waals surface area contributed by atoms with Gasteiger partial charge in [0, 0.05) is 43.8 Å². The van der Waals surface area contributed by atoms with Gasteiger partial charge in [-0.15, -0.1) is 0 Å². The number of rotatable bonds is 1. The van der Waals surface area contributed by atoms with E-state index in [1.54, 1.807) is 0 Å². The summed E-state index contributed by atoms with van der Waals surface area (Å²) < 4.78 is 5.64. The van der Waals surface area contributed by atoms with Crippen LogP contribution in [0.4, 0.5) is 0 Å². The molecule has 0 bridgehead atoms. The normalized spacial score (nSPS) is 15.2. The van der Waals surface area contributed by atoms with E-state index in [0.29, 0.717) is 0 Å². The van der Waals surface area contributed by atoms with Gasteiger partial charge in [0.2, 0.25) is 0 Å². The minimum Gasteiger partial charge on any atom is -0.310 e. The molecule has 0 saturated heterocycles. The summed E-state index contributed by atoms with van der Waals surface area (Å²) >= 11 is 0. The zero-order chi connectivity index (χ0) is 56.2. The van der Waals surface area contributed by atoms with Gasteiger partial charge in [-0.3, -0.25) is 0 Å². The lowest BCUT2D eigenvalue weighted by molar-refractivity contribution is 0.588. The largest absolute Gasteiger partial charge is 0.310 e. The van der Waals surface area contributed by atoms with Crippen LogP contribution in [0.5, 0.6) is 0 Å². The summed E-state index contributed by atoms with van der Waals surface area (Å²) in [5.41, 5.74) is 30.1. The van der Waals surface area contributed by atoms with Crippen molar-refractivity contribution in [3.8, 4) is 33.6 Å². The van der Waals surface area contributed by atoms with E-state index in [9.17, 15) is 0 Å². The molecule has 0 N–H and O–H groups in total. The van der Waals surface area contributed by atoms with E-state index < -0.39 is 5.41 Å². The Kier molecular flexibility index (Phi) is 9.52. The monoisotopic (exact) mass is 1040 g/mol. The number of hydrogen-bond donors (Lipinski definition) is 0. The molecule has 5 heterocycles. The first-order chi connectivity index (χ1) is 37.5. The lowest BCUT2D eigenvalue weighted by Gasteiger charge is -2.45. The Balaban J connectivity index is 1.29. The Morgan fingerprint density at radius 1 is 0.338 bits per heavy atom. The second kappa shape index (κ2) is 15.3. The maximum Gasteiger partial charge on any atom is 0.252 e. The Hall–Kier alpha value is -7.10. The van der Waals surface area contributed by atoms with Crippen LogP contribution in [0.3, 0.4) is 0 Å². The SMILES string of the molecule is CC(C)(C)c1ccc2ccc(C(C)(C)C)c(-c3cc4c5c6c3-n3c7ccc(C(C)(C)C)cc7c7cc(C(C)(C)C)cc(c73)B6c3cc(C(C)(C)C)cc6c7cc(C(C)(C)C)cc(c7n-5c36)C43c4ccccc4-c4ccccc43)c2c1. The Morgan fingerprint density at radius 3 is 1.35 bits per heavy atom. The molecule has 9 aromatic carbocycles. The summed E-state index contributed by atoms with van der Waals surface area (Å²) in [7, 11) is 0. The number of benzene rings is 9. The summed E-state index contributed by atoms with van der Waals surface area (Å²) in [4.78, 5) is 0. The van der Waals surface area contributed by atoms with Crippen molar-refractivity contribution in [2.45, 2.75) is 163 Å². The maximum atomic E-state index is 2.84. The third-order valence-corrected chi connectivity index (χ3v) is 19.7. The van der Waals surface area contributed by atoms with Crippen LogP contribution in [0.1, 0.15) is 180 Å². The fourth-order valence-electron chi connectivity index (χ4n) is 15.5. The molecule has 2 nitrogen and oxygen atoms in total.